The minimum Gasteiger partial charge on any atom is -0.392 e. The molecule has 1 unspecified atom stereocenters. The zero-order valence-electron chi connectivity index (χ0n) is 11.1. The van der Waals surface area contributed by atoms with E-state index in [9.17, 15) is 5.11 Å². The van der Waals surface area contributed by atoms with E-state index < -0.39 is 0 Å². The lowest BCUT2D eigenvalue weighted by molar-refractivity contribution is 0.103. The molecule has 1 rings (SSSR count). The summed E-state index contributed by atoms with van der Waals surface area (Å²) in [6.45, 7) is 6.07. The average molecular weight is 228 g/mol. The molecule has 96 valence electrons. The van der Waals surface area contributed by atoms with Gasteiger partial charge in [0.15, 0.2) is 0 Å². The summed E-state index contributed by atoms with van der Waals surface area (Å²) < 4.78 is 0. The normalized spacial score (nSPS) is 23.6. The smallest absolute Gasteiger partial charge is 0.0674 e. The van der Waals surface area contributed by atoms with Gasteiger partial charge in [-0.05, 0) is 44.6 Å². The molecule has 1 saturated carbocycles. The summed E-state index contributed by atoms with van der Waals surface area (Å²) in [5.41, 5.74) is 5.94. The predicted octanol–water partition coefficient (Wildman–Crippen LogP) is 1.60. The second-order valence-electron chi connectivity index (χ2n) is 6.05. The second-order valence-corrected chi connectivity index (χ2v) is 6.05. The molecule has 0 aromatic heterocycles. The number of hydrogen-bond donors (Lipinski definition) is 2. The van der Waals surface area contributed by atoms with Crippen molar-refractivity contribution in [2.45, 2.75) is 58.1 Å². The molecule has 1 fully saturated rings. The van der Waals surface area contributed by atoms with Gasteiger partial charge in [0.05, 0.1) is 6.10 Å². The Morgan fingerprint density at radius 3 is 2.44 bits per heavy atom. The summed E-state index contributed by atoms with van der Waals surface area (Å²) in [7, 11) is 2.17. The van der Waals surface area contributed by atoms with E-state index in [0.717, 1.165) is 13.0 Å². The van der Waals surface area contributed by atoms with E-state index in [-0.39, 0.29) is 6.10 Å². The minimum absolute atomic E-state index is 0.331. The van der Waals surface area contributed by atoms with Crippen LogP contribution in [0.25, 0.3) is 0 Å². The summed E-state index contributed by atoms with van der Waals surface area (Å²) in [4.78, 5) is 2.40. The summed E-state index contributed by atoms with van der Waals surface area (Å²) in [6, 6.07) is 0.706. The molecule has 1 aliphatic carbocycles. The third-order valence-electron chi connectivity index (χ3n) is 4.02. The fourth-order valence-corrected chi connectivity index (χ4v) is 2.48. The van der Waals surface area contributed by atoms with Crippen LogP contribution in [0.2, 0.25) is 0 Å². The lowest BCUT2D eigenvalue weighted by Gasteiger charge is -2.38. The van der Waals surface area contributed by atoms with E-state index in [1.54, 1.807) is 0 Å². The van der Waals surface area contributed by atoms with Crippen LogP contribution in [0.5, 0.6) is 0 Å². The summed E-state index contributed by atoms with van der Waals surface area (Å²) in [5, 5.41) is 9.44. The first kappa shape index (κ1) is 13.9. The molecule has 1 atom stereocenters. The first-order valence-corrected chi connectivity index (χ1v) is 6.53. The van der Waals surface area contributed by atoms with Gasteiger partial charge in [-0.25, -0.2) is 0 Å². The van der Waals surface area contributed by atoms with Crippen molar-refractivity contribution in [3.63, 3.8) is 0 Å². The van der Waals surface area contributed by atoms with Gasteiger partial charge in [0, 0.05) is 19.1 Å². The van der Waals surface area contributed by atoms with Crippen molar-refractivity contribution in [2.24, 2.45) is 11.1 Å². The molecule has 3 heteroatoms. The van der Waals surface area contributed by atoms with Crippen LogP contribution in [0.3, 0.4) is 0 Å². The van der Waals surface area contributed by atoms with E-state index in [1.165, 1.54) is 25.7 Å². The zero-order chi connectivity index (χ0) is 12.2. The molecule has 0 spiro atoms. The lowest BCUT2D eigenvalue weighted by atomic mass is 9.75. The van der Waals surface area contributed by atoms with Gasteiger partial charge in [0.25, 0.3) is 0 Å². The Balaban J connectivity index is 2.25. The number of aliphatic hydroxyl groups excluding tert-OH is 1. The molecule has 3 nitrogen and oxygen atoms in total. The van der Waals surface area contributed by atoms with Crippen LogP contribution in [0.4, 0.5) is 0 Å². The summed E-state index contributed by atoms with van der Waals surface area (Å²) in [6.07, 6.45) is 5.70. The lowest BCUT2D eigenvalue weighted by Crippen LogP contribution is -2.39. The fourth-order valence-electron chi connectivity index (χ4n) is 2.48. The van der Waals surface area contributed by atoms with Crippen LogP contribution in [0, 0.1) is 5.41 Å². The maximum Gasteiger partial charge on any atom is 0.0674 e. The van der Waals surface area contributed by atoms with Crippen molar-refractivity contribution in [1.82, 2.24) is 4.90 Å². The Labute approximate surface area is 100 Å². The van der Waals surface area contributed by atoms with Gasteiger partial charge >= 0.3 is 0 Å². The minimum atomic E-state index is -0.331. The maximum absolute atomic E-state index is 9.44. The number of aliphatic hydroxyl groups is 1. The SMILES string of the molecule is CN(CCC(O)CN)C1CCC(C)(C)CC1. The Morgan fingerprint density at radius 2 is 1.94 bits per heavy atom. The molecule has 0 bridgehead atoms. The van der Waals surface area contributed by atoms with Crippen molar-refractivity contribution < 1.29 is 5.11 Å². The monoisotopic (exact) mass is 228 g/mol. The fraction of sp³-hybridized carbons (Fsp3) is 1.00. The van der Waals surface area contributed by atoms with Crippen LogP contribution in [0.15, 0.2) is 0 Å². The molecule has 0 aromatic carbocycles. The van der Waals surface area contributed by atoms with Gasteiger partial charge in [0.1, 0.15) is 0 Å². The standard InChI is InChI=1S/C13H28N2O/c1-13(2)7-4-11(5-8-13)15(3)9-6-12(16)10-14/h11-12,16H,4-10,14H2,1-3H3. The Bertz CT molecular complexity index is 196. The largest absolute Gasteiger partial charge is 0.392 e. The highest BCUT2D eigenvalue weighted by Crippen LogP contribution is 2.36. The topological polar surface area (TPSA) is 49.5 Å². The van der Waals surface area contributed by atoms with Crippen molar-refractivity contribution in [2.75, 3.05) is 20.1 Å². The Hall–Kier alpha value is -0.120. The first-order valence-electron chi connectivity index (χ1n) is 6.53. The van der Waals surface area contributed by atoms with Gasteiger partial charge < -0.3 is 15.7 Å². The van der Waals surface area contributed by atoms with Crippen LogP contribution < -0.4 is 5.73 Å². The molecule has 3 N–H and O–H groups in total. The number of rotatable bonds is 5. The first-order chi connectivity index (χ1) is 7.44. The van der Waals surface area contributed by atoms with Crippen molar-refractivity contribution in [3.05, 3.63) is 0 Å². The van der Waals surface area contributed by atoms with E-state index >= 15 is 0 Å². The number of nitrogens with two attached hydrogens (primary N) is 1. The van der Waals surface area contributed by atoms with Crippen molar-refractivity contribution in [3.8, 4) is 0 Å². The highest BCUT2D eigenvalue weighted by atomic mass is 16.3. The molecule has 0 aliphatic heterocycles. The van der Waals surface area contributed by atoms with Gasteiger partial charge in [-0.3, -0.25) is 0 Å². The Kier molecular flexibility index (Phi) is 5.22. The van der Waals surface area contributed by atoms with E-state index in [2.05, 4.69) is 25.8 Å². The quantitative estimate of drug-likeness (QED) is 0.751. The molecule has 0 aromatic rings. The third kappa shape index (κ3) is 4.40. The van der Waals surface area contributed by atoms with E-state index in [1.807, 2.05) is 0 Å². The number of nitrogens with zero attached hydrogens (tertiary/aromatic N) is 1. The van der Waals surface area contributed by atoms with Gasteiger partial charge in [-0.2, -0.15) is 0 Å². The molecule has 0 heterocycles. The molecule has 16 heavy (non-hydrogen) atoms. The van der Waals surface area contributed by atoms with Gasteiger partial charge in [-0.15, -0.1) is 0 Å². The number of hydrogen-bond acceptors (Lipinski definition) is 3. The van der Waals surface area contributed by atoms with Gasteiger partial charge in [-0.1, -0.05) is 13.8 Å². The molecule has 1 aliphatic rings. The highest BCUT2D eigenvalue weighted by Gasteiger charge is 2.28. The Morgan fingerprint density at radius 1 is 1.38 bits per heavy atom. The van der Waals surface area contributed by atoms with Crippen LogP contribution >= 0.6 is 0 Å². The van der Waals surface area contributed by atoms with Crippen LogP contribution in [-0.4, -0.2) is 42.3 Å². The van der Waals surface area contributed by atoms with Crippen LogP contribution in [-0.2, 0) is 0 Å². The molecular formula is C13H28N2O. The summed E-state index contributed by atoms with van der Waals surface area (Å²) in [5.74, 6) is 0. The highest BCUT2D eigenvalue weighted by molar-refractivity contribution is 4.83. The van der Waals surface area contributed by atoms with Crippen LogP contribution in [0.1, 0.15) is 46.0 Å². The van der Waals surface area contributed by atoms with E-state index in [0.29, 0.717) is 18.0 Å². The predicted molar refractivity (Wildman–Crippen MR) is 68.3 cm³/mol. The molecular weight excluding hydrogens is 200 g/mol. The summed E-state index contributed by atoms with van der Waals surface area (Å²) >= 11 is 0. The van der Waals surface area contributed by atoms with Gasteiger partial charge in [0.2, 0.25) is 0 Å². The van der Waals surface area contributed by atoms with E-state index in [4.69, 9.17) is 5.73 Å². The van der Waals surface area contributed by atoms with Crippen molar-refractivity contribution >= 4 is 0 Å². The second kappa shape index (κ2) is 5.99. The molecule has 0 saturated heterocycles. The zero-order valence-corrected chi connectivity index (χ0v) is 11.1. The third-order valence-corrected chi connectivity index (χ3v) is 4.02. The average Bonchev–Trinajstić information content (AvgIpc) is 2.25. The van der Waals surface area contributed by atoms with Crippen molar-refractivity contribution in [1.29, 1.82) is 0 Å². The maximum atomic E-state index is 9.44. The molecule has 0 amide bonds. The molecule has 0 radical (unpaired) electrons.